The van der Waals surface area contributed by atoms with Gasteiger partial charge in [-0.15, -0.1) is 0 Å². The highest BCUT2D eigenvalue weighted by Gasteiger charge is 1.99. The van der Waals surface area contributed by atoms with E-state index in [1.54, 1.807) is 0 Å². The smallest absolute Gasteiger partial charge is 0.303 e. The number of aryl methyl sites for hydroxylation is 1. The summed E-state index contributed by atoms with van der Waals surface area (Å²) in [4.78, 5) is 10.4. The summed E-state index contributed by atoms with van der Waals surface area (Å²) in [5.74, 6) is -0.663. The molecular weight excluding hydrogens is 344 g/mol. The minimum atomic E-state index is -0.663. The van der Waals surface area contributed by atoms with E-state index in [1.807, 2.05) is 0 Å². The molecular formula is C26H36O2. The van der Waals surface area contributed by atoms with E-state index in [4.69, 9.17) is 5.11 Å². The summed E-state index contributed by atoms with van der Waals surface area (Å²) in [6, 6.07) is 19.6. The molecule has 2 nitrogen and oxygen atoms in total. The van der Waals surface area contributed by atoms with Gasteiger partial charge in [-0.3, -0.25) is 4.79 Å². The molecule has 2 rings (SSSR count). The second-order valence-corrected chi connectivity index (χ2v) is 7.85. The molecule has 2 aromatic carbocycles. The van der Waals surface area contributed by atoms with Crippen LogP contribution in [0.5, 0.6) is 0 Å². The van der Waals surface area contributed by atoms with Crippen LogP contribution in [-0.2, 0) is 11.2 Å². The van der Waals surface area contributed by atoms with E-state index >= 15 is 0 Å². The highest BCUT2D eigenvalue weighted by atomic mass is 16.4. The molecule has 0 bridgehead atoms. The number of aliphatic carboxylic acids is 1. The zero-order chi connectivity index (χ0) is 19.9. The second-order valence-electron chi connectivity index (χ2n) is 7.85. The van der Waals surface area contributed by atoms with Crippen LogP contribution in [0, 0.1) is 0 Å². The number of carbonyl (C=O) groups is 1. The molecule has 28 heavy (non-hydrogen) atoms. The minimum Gasteiger partial charge on any atom is -0.481 e. The number of carboxylic acids is 1. The zero-order valence-electron chi connectivity index (χ0n) is 17.2. The topological polar surface area (TPSA) is 37.3 Å². The van der Waals surface area contributed by atoms with Crippen LogP contribution in [0.25, 0.3) is 11.1 Å². The number of benzene rings is 2. The van der Waals surface area contributed by atoms with Gasteiger partial charge in [0.25, 0.3) is 0 Å². The summed E-state index contributed by atoms with van der Waals surface area (Å²) in [6.45, 7) is 0. The first-order chi connectivity index (χ1) is 13.8. The monoisotopic (exact) mass is 380 g/mol. The highest BCUT2D eigenvalue weighted by molar-refractivity contribution is 5.66. The predicted octanol–water partition coefficient (Wildman–Crippen LogP) is 7.66. The van der Waals surface area contributed by atoms with Crippen LogP contribution >= 0.6 is 0 Å². The Balaban J connectivity index is 1.43. The summed E-state index contributed by atoms with van der Waals surface area (Å²) in [6.07, 6.45) is 15.2. The van der Waals surface area contributed by atoms with Crippen LogP contribution in [0.4, 0.5) is 0 Å². The number of carboxylic acid groups (broad SMARTS) is 1. The zero-order valence-corrected chi connectivity index (χ0v) is 17.2. The maximum absolute atomic E-state index is 10.4. The fraction of sp³-hybridized carbons (Fsp3) is 0.500. The average Bonchev–Trinajstić information content (AvgIpc) is 2.72. The molecule has 0 aliphatic heterocycles. The first-order valence-corrected chi connectivity index (χ1v) is 11.1. The molecule has 0 atom stereocenters. The van der Waals surface area contributed by atoms with Gasteiger partial charge in [0.1, 0.15) is 0 Å². The third-order valence-electron chi connectivity index (χ3n) is 5.42. The Morgan fingerprint density at radius 1 is 0.571 bits per heavy atom. The van der Waals surface area contributed by atoms with Crippen molar-refractivity contribution in [3.8, 4) is 11.1 Å². The quantitative estimate of drug-likeness (QED) is 0.322. The third-order valence-corrected chi connectivity index (χ3v) is 5.42. The summed E-state index contributed by atoms with van der Waals surface area (Å²) in [7, 11) is 0. The molecule has 0 fully saturated rings. The third kappa shape index (κ3) is 9.73. The Morgan fingerprint density at radius 2 is 1.04 bits per heavy atom. The molecule has 0 aromatic heterocycles. The maximum atomic E-state index is 10.4. The van der Waals surface area contributed by atoms with Gasteiger partial charge < -0.3 is 5.11 Å². The highest BCUT2D eigenvalue weighted by Crippen LogP contribution is 2.20. The van der Waals surface area contributed by atoms with E-state index in [9.17, 15) is 4.79 Å². The molecule has 2 heteroatoms. The molecule has 152 valence electrons. The lowest BCUT2D eigenvalue weighted by molar-refractivity contribution is -0.137. The fourth-order valence-corrected chi connectivity index (χ4v) is 3.69. The second kappa shape index (κ2) is 14.0. The van der Waals surface area contributed by atoms with Crippen LogP contribution in [0.3, 0.4) is 0 Å². The Kier molecular flexibility index (Phi) is 11.1. The summed E-state index contributed by atoms with van der Waals surface area (Å²) < 4.78 is 0. The van der Waals surface area contributed by atoms with Crippen molar-refractivity contribution in [2.24, 2.45) is 0 Å². The van der Waals surface area contributed by atoms with Crippen LogP contribution in [0.2, 0.25) is 0 Å². The van der Waals surface area contributed by atoms with Crippen molar-refractivity contribution in [1.82, 2.24) is 0 Å². The van der Waals surface area contributed by atoms with Crippen molar-refractivity contribution < 1.29 is 9.90 Å². The van der Waals surface area contributed by atoms with Gasteiger partial charge in [-0.2, -0.15) is 0 Å². The number of unbranched alkanes of at least 4 members (excludes halogenated alkanes) is 10. The van der Waals surface area contributed by atoms with Crippen LogP contribution in [0.1, 0.15) is 82.6 Å². The van der Waals surface area contributed by atoms with Gasteiger partial charge in [-0.05, 0) is 36.0 Å². The lowest BCUT2D eigenvalue weighted by atomic mass is 10.0. The van der Waals surface area contributed by atoms with Gasteiger partial charge in [0.2, 0.25) is 0 Å². The Bertz CT molecular complexity index is 646. The summed E-state index contributed by atoms with van der Waals surface area (Å²) >= 11 is 0. The number of rotatable bonds is 15. The molecule has 0 radical (unpaired) electrons. The molecule has 1 N–H and O–H groups in total. The van der Waals surface area contributed by atoms with Gasteiger partial charge in [-0.25, -0.2) is 0 Å². The molecule has 0 aliphatic rings. The van der Waals surface area contributed by atoms with Crippen molar-refractivity contribution in [1.29, 1.82) is 0 Å². The van der Waals surface area contributed by atoms with Crippen LogP contribution in [0.15, 0.2) is 54.6 Å². The van der Waals surface area contributed by atoms with E-state index < -0.39 is 5.97 Å². The van der Waals surface area contributed by atoms with E-state index in [1.165, 1.54) is 80.9 Å². The van der Waals surface area contributed by atoms with E-state index in [-0.39, 0.29) is 0 Å². The molecule has 2 aromatic rings. The Hall–Kier alpha value is -2.09. The van der Waals surface area contributed by atoms with Crippen LogP contribution in [-0.4, -0.2) is 11.1 Å². The standard InChI is InChI=1S/C26H36O2/c27-26(28)18-14-9-7-5-3-1-2-4-6-8-11-15-23-19-21-25(22-20-23)24-16-12-10-13-17-24/h10,12-13,16-17,19-22H,1-9,11,14-15,18H2,(H,27,28). The van der Waals surface area contributed by atoms with E-state index in [0.717, 1.165) is 12.8 Å². The van der Waals surface area contributed by atoms with Gasteiger partial charge in [0.15, 0.2) is 0 Å². The molecule has 0 unspecified atom stereocenters. The normalized spacial score (nSPS) is 10.9. The largest absolute Gasteiger partial charge is 0.481 e. The SMILES string of the molecule is O=C(O)CCCCCCCCCCCCCc1ccc(-c2ccccc2)cc1. The van der Waals surface area contributed by atoms with Crippen molar-refractivity contribution in [2.45, 2.75) is 83.5 Å². The van der Waals surface area contributed by atoms with E-state index in [0.29, 0.717) is 6.42 Å². The molecule has 0 aliphatic carbocycles. The lowest BCUT2D eigenvalue weighted by Crippen LogP contribution is -1.93. The van der Waals surface area contributed by atoms with Crippen molar-refractivity contribution in [2.75, 3.05) is 0 Å². The number of hydrogen-bond acceptors (Lipinski definition) is 1. The maximum Gasteiger partial charge on any atom is 0.303 e. The predicted molar refractivity (Wildman–Crippen MR) is 119 cm³/mol. The first-order valence-electron chi connectivity index (χ1n) is 11.1. The van der Waals surface area contributed by atoms with Gasteiger partial charge in [-0.1, -0.05) is 112 Å². The average molecular weight is 381 g/mol. The molecule has 0 spiro atoms. The molecule has 0 saturated heterocycles. The van der Waals surface area contributed by atoms with Crippen molar-refractivity contribution in [3.05, 3.63) is 60.2 Å². The Labute approximate surface area is 171 Å². The number of hydrogen-bond donors (Lipinski definition) is 1. The van der Waals surface area contributed by atoms with E-state index in [2.05, 4.69) is 54.6 Å². The van der Waals surface area contributed by atoms with Gasteiger partial charge in [0, 0.05) is 6.42 Å². The molecule has 0 amide bonds. The van der Waals surface area contributed by atoms with Crippen molar-refractivity contribution in [3.63, 3.8) is 0 Å². The minimum absolute atomic E-state index is 0.331. The molecule has 0 saturated carbocycles. The fourth-order valence-electron chi connectivity index (χ4n) is 3.69. The summed E-state index contributed by atoms with van der Waals surface area (Å²) in [5, 5.41) is 8.59. The first kappa shape index (κ1) is 22.2. The Morgan fingerprint density at radius 3 is 1.57 bits per heavy atom. The van der Waals surface area contributed by atoms with Gasteiger partial charge in [0.05, 0.1) is 0 Å². The van der Waals surface area contributed by atoms with Crippen molar-refractivity contribution >= 4 is 5.97 Å². The van der Waals surface area contributed by atoms with Gasteiger partial charge >= 0.3 is 5.97 Å². The lowest BCUT2D eigenvalue weighted by Gasteiger charge is -2.05. The van der Waals surface area contributed by atoms with Crippen LogP contribution < -0.4 is 0 Å². The molecule has 0 heterocycles. The summed E-state index contributed by atoms with van der Waals surface area (Å²) in [5.41, 5.74) is 4.03.